The lowest BCUT2D eigenvalue weighted by Gasteiger charge is -2.11. The first-order valence-corrected chi connectivity index (χ1v) is 6.35. The van der Waals surface area contributed by atoms with Crippen molar-refractivity contribution < 1.29 is 0 Å². The van der Waals surface area contributed by atoms with Crippen molar-refractivity contribution >= 4 is 0 Å². The van der Waals surface area contributed by atoms with Crippen LogP contribution in [-0.2, 0) is 13.5 Å². The van der Waals surface area contributed by atoms with Crippen molar-refractivity contribution in [1.29, 1.82) is 0 Å². The number of nitrogens with zero attached hydrogens (tertiary/aromatic N) is 4. The molecule has 18 heavy (non-hydrogen) atoms. The van der Waals surface area contributed by atoms with Crippen molar-refractivity contribution in [2.24, 2.45) is 12.8 Å². The Morgan fingerprint density at radius 1 is 1.39 bits per heavy atom. The van der Waals surface area contributed by atoms with Gasteiger partial charge >= 0.3 is 0 Å². The Balaban J connectivity index is 2.02. The van der Waals surface area contributed by atoms with Crippen molar-refractivity contribution in [2.45, 2.75) is 31.7 Å². The molecule has 94 valence electrons. The van der Waals surface area contributed by atoms with E-state index in [-0.39, 0.29) is 6.04 Å². The quantitative estimate of drug-likeness (QED) is 0.772. The molecule has 2 aromatic rings. The third kappa shape index (κ3) is 2.01. The largest absolute Gasteiger partial charge is 0.324 e. The molecule has 0 spiro atoms. The molecule has 2 heterocycles. The van der Waals surface area contributed by atoms with E-state index in [9.17, 15) is 0 Å². The van der Waals surface area contributed by atoms with Gasteiger partial charge in [-0.2, -0.15) is 5.10 Å². The third-order valence-corrected chi connectivity index (χ3v) is 3.42. The fraction of sp³-hybridized carbons (Fsp3) is 0.462. The summed E-state index contributed by atoms with van der Waals surface area (Å²) in [5, 5.41) is 4.33. The second-order valence-corrected chi connectivity index (χ2v) is 4.82. The maximum Gasteiger partial charge on any atom is 0.180 e. The summed E-state index contributed by atoms with van der Waals surface area (Å²) in [6.07, 6.45) is 8.11. The van der Waals surface area contributed by atoms with Gasteiger partial charge in [-0.3, -0.25) is 4.68 Å². The molecule has 5 nitrogen and oxygen atoms in total. The van der Waals surface area contributed by atoms with Crippen molar-refractivity contribution in [2.75, 3.05) is 0 Å². The fourth-order valence-corrected chi connectivity index (χ4v) is 2.41. The molecule has 1 aliphatic rings. The van der Waals surface area contributed by atoms with Gasteiger partial charge in [-0.1, -0.05) is 6.42 Å². The van der Waals surface area contributed by atoms with E-state index in [4.69, 9.17) is 5.73 Å². The van der Waals surface area contributed by atoms with E-state index >= 15 is 0 Å². The van der Waals surface area contributed by atoms with Gasteiger partial charge in [-0.05, 0) is 25.3 Å². The normalized spacial score (nSPS) is 19.3. The van der Waals surface area contributed by atoms with E-state index in [0.717, 1.165) is 42.6 Å². The van der Waals surface area contributed by atoms with Crippen LogP contribution in [0.1, 0.15) is 36.6 Å². The first kappa shape index (κ1) is 11.3. The van der Waals surface area contributed by atoms with E-state index in [0.29, 0.717) is 5.82 Å². The highest BCUT2D eigenvalue weighted by atomic mass is 15.3. The standard InChI is InChI=1S/C13H17N5/c1-18-7-6-12(17-18)13-15-8-9-10(14)4-2-3-5-11(9)16-13/h6-8,10H,2-5,14H2,1H3. The molecule has 3 rings (SSSR count). The SMILES string of the molecule is Cn1ccc(-c2ncc3c(n2)CCCCC3N)n1. The summed E-state index contributed by atoms with van der Waals surface area (Å²) in [6, 6.07) is 2.01. The van der Waals surface area contributed by atoms with Gasteiger partial charge in [0.15, 0.2) is 5.82 Å². The van der Waals surface area contributed by atoms with Crippen molar-refractivity contribution in [3.05, 3.63) is 29.7 Å². The molecule has 0 aromatic carbocycles. The van der Waals surface area contributed by atoms with Crippen LogP contribution in [0.3, 0.4) is 0 Å². The number of aromatic nitrogens is 4. The molecular formula is C13H17N5. The molecule has 0 saturated heterocycles. The highest BCUT2D eigenvalue weighted by Crippen LogP contribution is 2.26. The van der Waals surface area contributed by atoms with E-state index < -0.39 is 0 Å². The molecular weight excluding hydrogens is 226 g/mol. The fourth-order valence-electron chi connectivity index (χ4n) is 2.41. The summed E-state index contributed by atoms with van der Waals surface area (Å²) in [6.45, 7) is 0. The van der Waals surface area contributed by atoms with Crippen LogP contribution < -0.4 is 5.73 Å². The minimum absolute atomic E-state index is 0.0836. The van der Waals surface area contributed by atoms with Crippen LogP contribution in [-0.4, -0.2) is 19.7 Å². The number of rotatable bonds is 1. The summed E-state index contributed by atoms with van der Waals surface area (Å²) in [4.78, 5) is 9.04. The Bertz CT molecular complexity index is 560. The summed E-state index contributed by atoms with van der Waals surface area (Å²) in [5.74, 6) is 0.698. The van der Waals surface area contributed by atoms with E-state index in [2.05, 4.69) is 15.1 Å². The number of fused-ring (bicyclic) bond motifs is 1. The number of hydrogen-bond acceptors (Lipinski definition) is 4. The van der Waals surface area contributed by atoms with Crippen LogP contribution in [0, 0.1) is 0 Å². The van der Waals surface area contributed by atoms with Gasteiger partial charge in [-0.25, -0.2) is 9.97 Å². The Hall–Kier alpha value is -1.75. The lowest BCUT2D eigenvalue weighted by molar-refractivity contribution is 0.614. The van der Waals surface area contributed by atoms with E-state index in [1.165, 1.54) is 0 Å². The summed E-state index contributed by atoms with van der Waals surface area (Å²) in [5.41, 5.74) is 9.15. The molecule has 2 aromatic heterocycles. The van der Waals surface area contributed by atoms with Crippen molar-refractivity contribution in [3.63, 3.8) is 0 Å². The van der Waals surface area contributed by atoms with Gasteiger partial charge in [-0.15, -0.1) is 0 Å². The Morgan fingerprint density at radius 3 is 3.06 bits per heavy atom. The van der Waals surface area contributed by atoms with Crippen molar-refractivity contribution in [3.8, 4) is 11.5 Å². The molecule has 0 fully saturated rings. The average molecular weight is 243 g/mol. The number of hydrogen-bond donors (Lipinski definition) is 1. The predicted molar refractivity (Wildman–Crippen MR) is 68.7 cm³/mol. The van der Waals surface area contributed by atoms with Gasteiger partial charge in [0.25, 0.3) is 0 Å². The minimum atomic E-state index is 0.0836. The average Bonchev–Trinajstić information content (AvgIpc) is 2.72. The highest BCUT2D eigenvalue weighted by molar-refractivity contribution is 5.48. The van der Waals surface area contributed by atoms with Crippen LogP contribution >= 0.6 is 0 Å². The molecule has 0 amide bonds. The maximum absolute atomic E-state index is 6.14. The van der Waals surface area contributed by atoms with Crippen LogP contribution in [0.4, 0.5) is 0 Å². The lowest BCUT2D eigenvalue weighted by atomic mass is 10.1. The summed E-state index contributed by atoms with van der Waals surface area (Å²) < 4.78 is 1.76. The zero-order chi connectivity index (χ0) is 12.5. The van der Waals surface area contributed by atoms with Gasteiger partial charge in [0.05, 0.1) is 0 Å². The van der Waals surface area contributed by atoms with Gasteiger partial charge in [0, 0.05) is 36.7 Å². The lowest BCUT2D eigenvalue weighted by Crippen LogP contribution is -2.12. The number of nitrogens with two attached hydrogens (primary N) is 1. The van der Waals surface area contributed by atoms with Crippen LogP contribution in [0.25, 0.3) is 11.5 Å². The molecule has 0 saturated carbocycles. The van der Waals surface area contributed by atoms with E-state index in [1.807, 2.05) is 25.5 Å². The molecule has 0 bridgehead atoms. The topological polar surface area (TPSA) is 69.6 Å². The number of aryl methyl sites for hydroxylation is 2. The van der Waals surface area contributed by atoms with Crippen LogP contribution in [0.5, 0.6) is 0 Å². The summed E-state index contributed by atoms with van der Waals surface area (Å²) in [7, 11) is 1.89. The molecule has 5 heteroatoms. The van der Waals surface area contributed by atoms with E-state index in [1.54, 1.807) is 4.68 Å². The summed E-state index contributed by atoms with van der Waals surface area (Å²) >= 11 is 0. The first-order valence-electron chi connectivity index (χ1n) is 6.35. The van der Waals surface area contributed by atoms with Crippen LogP contribution in [0.15, 0.2) is 18.5 Å². The second kappa shape index (κ2) is 4.49. The van der Waals surface area contributed by atoms with Gasteiger partial charge in [0.1, 0.15) is 5.69 Å². The van der Waals surface area contributed by atoms with Gasteiger partial charge < -0.3 is 5.73 Å². The Morgan fingerprint density at radius 2 is 2.28 bits per heavy atom. The predicted octanol–water partition coefficient (Wildman–Crippen LogP) is 1.60. The highest BCUT2D eigenvalue weighted by Gasteiger charge is 2.18. The molecule has 1 atom stereocenters. The molecule has 1 aliphatic carbocycles. The smallest absolute Gasteiger partial charge is 0.180 e. The zero-order valence-corrected chi connectivity index (χ0v) is 10.5. The molecule has 0 aliphatic heterocycles. The molecule has 1 unspecified atom stereocenters. The Labute approximate surface area is 106 Å². The van der Waals surface area contributed by atoms with Crippen LogP contribution in [0.2, 0.25) is 0 Å². The van der Waals surface area contributed by atoms with Gasteiger partial charge in [0.2, 0.25) is 0 Å². The third-order valence-electron chi connectivity index (χ3n) is 3.42. The molecule has 2 N–H and O–H groups in total. The first-order chi connectivity index (χ1) is 8.74. The molecule has 0 radical (unpaired) electrons. The maximum atomic E-state index is 6.14. The Kier molecular flexibility index (Phi) is 2.83. The second-order valence-electron chi connectivity index (χ2n) is 4.82. The minimum Gasteiger partial charge on any atom is -0.324 e. The monoisotopic (exact) mass is 243 g/mol. The van der Waals surface area contributed by atoms with Crippen molar-refractivity contribution in [1.82, 2.24) is 19.7 Å². The zero-order valence-electron chi connectivity index (χ0n) is 10.5.